The van der Waals surface area contributed by atoms with Gasteiger partial charge in [-0.05, 0) is 33.1 Å². The van der Waals surface area contributed by atoms with Crippen LogP contribution in [0, 0.1) is 0 Å². The van der Waals surface area contributed by atoms with Gasteiger partial charge in [-0.2, -0.15) is 0 Å². The zero-order valence-electron chi connectivity index (χ0n) is 9.91. The molecular weight excluding hydrogens is 196 g/mol. The molecule has 0 bridgehead atoms. The molecule has 0 unspecified atom stereocenters. The lowest BCUT2D eigenvalue weighted by atomic mass is 10.1. The van der Waals surface area contributed by atoms with Crippen molar-refractivity contribution in [3.63, 3.8) is 0 Å². The van der Waals surface area contributed by atoms with E-state index in [1.807, 2.05) is 13.8 Å². The molecule has 4 nitrogen and oxygen atoms in total. The Labute approximate surface area is 91.6 Å². The van der Waals surface area contributed by atoms with Crippen LogP contribution in [-0.2, 0) is 14.3 Å². The zero-order valence-corrected chi connectivity index (χ0v) is 9.91. The molecule has 0 spiro atoms. The van der Waals surface area contributed by atoms with Crippen molar-refractivity contribution in [2.45, 2.75) is 45.1 Å². The summed E-state index contributed by atoms with van der Waals surface area (Å²) in [7, 11) is 1.69. The highest BCUT2D eigenvalue weighted by atomic mass is 16.5. The SMILES string of the molecule is COC(C)(C)CCOCCCCC(=O)O. The fourth-order valence-corrected chi connectivity index (χ4v) is 1.00. The Morgan fingerprint density at radius 2 is 1.93 bits per heavy atom. The van der Waals surface area contributed by atoms with Crippen LogP contribution in [0.15, 0.2) is 0 Å². The Morgan fingerprint density at radius 3 is 2.47 bits per heavy atom. The van der Waals surface area contributed by atoms with Crippen LogP contribution in [0.2, 0.25) is 0 Å². The average Bonchev–Trinajstić information content (AvgIpc) is 2.16. The average molecular weight is 218 g/mol. The van der Waals surface area contributed by atoms with Gasteiger partial charge < -0.3 is 14.6 Å². The van der Waals surface area contributed by atoms with Crippen LogP contribution < -0.4 is 0 Å². The molecule has 0 aromatic rings. The lowest BCUT2D eigenvalue weighted by molar-refractivity contribution is -0.137. The number of rotatable bonds is 9. The van der Waals surface area contributed by atoms with Gasteiger partial charge in [0.1, 0.15) is 0 Å². The maximum atomic E-state index is 10.2. The van der Waals surface area contributed by atoms with E-state index in [4.69, 9.17) is 14.6 Å². The third-order valence-electron chi connectivity index (χ3n) is 2.33. The molecule has 0 aliphatic heterocycles. The molecule has 0 fully saturated rings. The van der Waals surface area contributed by atoms with E-state index in [1.54, 1.807) is 7.11 Å². The second kappa shape index (κ2) is 7.65. The summed E-state index contributed by atoms with van der Waals surface area (Å²) >= 11 is 0. The van der Waals surface area contributed by atoms with Gasteiger partial charge in [-0.15, -0.1) is 0 Å². The highest BCUT2D eigenvalue weighted by Crippen LogP contribution is 2.12. The van der Waals surface area contributed by atoms with E-state index < -0.39 is 5.97 Å². The molecule has 0 aromatic carbocycles. The molecule has 0 saturated carbocycles. The van der Waals surface area contributed by atoms with Crippen LogP contribution in [-0.4, -0.2) is 37.0 Å². The van der Waals surface area contributed by atoms with Crippen LogP contribution in [0.4, 0.5) is 0 Å². The van der Waals surface area contributed by atoms with Crippen molar-refractivity contribution in [1.29, 1.82) is 0 Å². The summed E-state index contributed by atoms with van der Waals surface area (Å²) in [6.07, 6.45) is 2.57. The van der Waals surface area contributed by atoms with Gasteiger partial charge in [0.25, 0.3) is 0 Å². The standard InChI is InChI=1S/C11H22O4/c1-11(2,14-3)7-9-15-8-5-4-6-10(12)13/h4-9H2,1-3H3,(H,12,13). The molecule has 90 valence electrons. The van der Waals surface area contributed by atoms with Crippen LogP contribution in [0.5, 0.6) is 0 Å². The van der Waals surface area contributed by atoms with Crippen molar-refractivity contribution in [3.8, 4) is 0 Å². The van der Waals surface area contributed by atoms with Crippen LogP contribution >= 0.6 is 0 Å². The number of carboxylic acid groups (broad SMARTS) is 1. The first-order chi connectivity index (χ1) is 6.98. The maximum Gasteiger partial charge on any atom is 0.303 e. The van der Waals surface area contributed by atoms with E-state index in [2.05, 4.69) is 0 Å². The van der Waals surface area contributed by atoms with Crippen LogP contribution in [0.3, 0.4) is 0 Å². The van der Waals surface area contributed by atoms with Crippen molar-refractivity contribution in [2.24, 2.45) is 0 Å². The van der Waals surface area contributed by atoms with Gasteiger partial charge in [0.05, 0.1) is 5.60 Å². The van der Waals surface area contributed by atoms with Crippen molar-refractivity contribution in [2.75, 3.05) is 20.3 Å². The highest BCUT2D eigenvalue weighted by Gasteiger charge is 2.15. The molecular formula is C11H22O4. The number of methoxy groups -OCH3 is 1. The van der Waals surface area contributed by atoms with E-state index >= 15 is 0 Å². The van der Waals surface area contributed by atoms with E-state index in [0.717, 1.165) is 12.8 Å². The Morgan fingerprint density at radius 1 is 1.27 bits per heavy atom. The maximum absolute atomic E-state index is 10.2. The summed E-state index contributed by atoms with van der Waals surface area (Å²) in [5.74, 6) is -0.740. The van der Waals surface area contributed by atoms with Crippen molar-refractivity contribution in [1.82, 2.24) is 0 Å². The minimum absolute atomic E-state index is 0.138. The third-order valence-corrected chi connectivity index (χ3v) is 2.33. The quantitative estimate of drug-likeness (QED) is 0.602. The molecule has 0 aliphatic carbocycles. The second-order valence-electron chi connectivity index (χ2n) is 4.18. The minimum atomic E-state index is -0.740. The van der Waals surface area contributed by atoms with Crippen molar-refractivity contribution in [3.05, 3.63) is 0 Å². The number of ether oxygens (including phenoxy) is 2. The summed E-state index contributed by atoms with van der Waals surface area (Å²) in [5.41, 5.74) is -0.138. The Hall–Kier alpha value is -0.610. The first-order valence-corrected chi connectivity index (χ1v) is 5.32. The smallest absolute Gasteiger partial charge is 0.303 e. The van der Waals surface area contributed by atoms with Gasteiger partial charge in [0.15, 0.2) is 0 Å². The molecule has 0 aliphatic rings. The first-order valence-electron chi connectivity index (χ1n) is 5.32. The normalized spacial score (nSPS) is 11.7. The fourth-order valence-electron chi connectivity index (χ4n) is 1.00. The van der Waals surface area contributed by atoms with E-state index in [0.29, 0.717) is 19.6 Å². The van der Waals surface area contributed by atoms with Crippen molar-refractivity contribution >= 4 is 5.97 Å². The van der Waals surface area contributed by atoms with Gasteiger partial charge in [-0.25, -0.2) is 0 Å². The van der Waals surface area contributed by atoms with Crippen molar-refractivity contribution < 1.29 is 19.4 Å². The van der Waals surface area contributed by atoms with Gasteiger partial charge in [0.2, 0.25) is 0 Å². The van der Waals surface area contributed by atoms with Gasteiger partial charge in [-0.1, -0.05) is 0 Å². The summed E-state index contributed by atoms with van der Waals surface area (Å²) in [6, 6.07) is 0. The lowest BCUT2D eigenvalue weighted by Gasteiger charge is -2.22. The fraction of sp³-hybridized carbons (Fsp3) is 0.909. The number of hydrogen-bond donors (Lipinski definition) is 1. The van der Waals surface area contributed by atoms with Crippen LogP contribution in [0.1, 0.15) is 39.5 Å². The van der Waals surface area contributed by atoms with Crippen LogP contribution in [0.25, 0.3) is 0 Å². The van der Waals surface area contributed by atoms with Gasteiger partial charge in [0, 0.05) is 26.7 Å². The molecule has 15 heavy (non-hydrogen) atoms. The monoisotopic (exact) mass is 218 g/mol. The van der Waals surface area contributed by atoms with E-state index in [1.165, 1.54) is 0 Å². The Bertz CT molecular complexity index is 177. The molecule has 1 N–H and O–H groups in total. The molecule has 4 heteroatoms. The second-order valence-corrected chi connectivity index (χ2v) is 4.18. The van der Waals surface area contributed by atoms with E-state index in [9.17, 15) is 4.79 Å². The molecule has 0 amide bonds. The number of carboxylic acids is 1. The summed E-state index contributed by atoms with van der Waals surface area (Å²) in [6.45, 7) is 5.32. The first kappa shape index (κ1) is 14.4. The highest BCUT2D eigenvalue weighted by molar-refractivity contribution is 5.66. The Balaban J connectivity index is 3.22. The molecule has 0 atom stereocenters. The molecule has 0 radical (unpaired) electrons. The zero-order chi connectivity index (χ0) is 11.7. The molecule has 0 heterocycles. The minimum Gasteiger partial charge on any atom is -0.481 e. The molecule has 0 aromatic heterocycles. The molecule has 0 saturated heterocycles. The number of aliphatic carboxylic acids is 1. The third kappa shape index (κ3) is 9.69. The topological polar surface area (TPSA) is 55.8 Å². The predicted molar refractivity (Wildman–Crippen MR) is 58.0 cm³/mol. The van der Waals surface area contributed by atoms with E-state index in [-0.39, 0.29) is 12.0 Å². The van der Waals surface area contributed by atoms with Gasteiger partial charge >= 0.3 is 5.97 Å². The molecule has 0 rings (SSSR count). The number of hydrogen-bond acceptors (Lipinski definition) is 3. The van der Waals surface area contributed by atoms with Gasteiger partial charge in [-0.3, -0.25) is 4.79 Å². The number of carbonyl (C=O) groups is 1. The summed E-state index contributed by atoms with van der Waals surface area (Å²) < 4.78 is 10.6. The summed E-state index contributed by atoms with van der Waals surface area (Å²) in [5, 5.41) is 8.40. The Kier molecular flexibility index (Phi) is 7.34. The largest absolute Gasteiger partial charge is 0.481 e. The number of unbranched alkanes of at least 4 members (excludes halogenated alkanes) is 1. The summed E-state index contributed by atoms with van der Waals surface area (Å²) in [4.78, 5) is 10.2. The lowest BCUT2D eigenvalue weighted by Crippen LogP contribution is -2.24. The predicted octanol–water partition coefficient (Wildman–Crippen LogP) is 2.07.